The highest BCUT2D eigenvalue weighted by Gasteiger charge is 2.29. The fraction of sp³-hybridized carbons (Fsp3) is 0.941. The number of hydrogen-bond donors (Lipinski definition) is 2. The third-order valence-corrected chi connectivity index (χ3v) is 4.49. The Morgan fingerprint density at radius 3 is 2.70 bits per heavy atom. The Morgan fingerprint density at radius 1 is 1.26 bits per heavy atom. The van der Waals surface area contributed by atoms with Gasteiger partial charge in [-0.05, 0) is 46.0 Å². The minimum atomic E-state index is -0.0755. The molecule has 1 heterocycles. The smallest absolute Gasteiger partial charge is 0.191 e. The molecule has 1 atom stereocenters. The lowest BCUT2D eigenvalue weighted by Gasteiger charge is -2.21. The Morgan fingerprint density at radius 2 is 2.04 bits per heavy atom. The monoisotopic (exact) mass is 439 g/mol. The predicted octanol–water partition coefficient (Wildman–Crippen LogP) is 3.08. The molecule has 136 valence electrons. The quantitative estimate of drug-likeness (QED) is 0.264. The van der Waals surface area contributed by atoms with E-state index in [2.05, 4.69) is 29.5 Å². The highest BCUT2D eigenvalue weighted by molar-refractivity contribution is 14.0. The van der Waals surface area contributed by atoms with Crippen LogP contribution >= 0.6 is 24.0 Å². The van der Waals surface area contributed by atoms with E-state index < -0.39 is 0 Å². The van der Waals surface area contributed by atoms with Crippen molar-refractivity contribution in [1.29, 1.82) is 0 Å². The van der Waals surface area contributed by atoms with E-state index in [-0.39, 0.29) is 29.6 Å². The lowest BCUT2D eigenvalue weighted by atomic mass is 10.0. The van der Waals surface area contributed by atoms with Gasteiger partial charge in [0, 0.05) is 26.3 Å². The maximum absolute atomic E-state index is 5.88. The fourth-order valence-electron chi connectivity index (χ4n) is 3.13. The van der Waals surface area contributed by atoms with Crippen LogP contribution < -0.4 is 10.6 Å². The largest absolute Gasteiger partial charge is 0.378 e. The summed E-state index contributed by atoms with van der Waals surface area (Å²) in [5.41, 5.74) is -0.0755. The van der Waals surface area contributed by atoms with E-state index in [9.17, 15) is 0 Å². The first-order valence-electron chi connectivity index (χ1n) is 8.99. The van der Waals surface area contributed by atoms with Crippen LogP contribution in [0.3, 0.4) is 0 Å². The SMILES string of the molecule is CCNC(=NCC1(C)CCCO1)NCCCOC1CCCC1.I. The van der Waals surface area contributed by atoms with Gasteiger partial charge in [0.25, 0.3) is 0 Å². The average molecular weight is 439 g/mol. The van der Waals surface area contributed by atoms with E-state index in [0.717, 1.165) is 58.1 Å². The van der Waals surface area contributed by atoms with Gasteiger partial charge in [0.05, 0.1) is 18.2 Å². The van der Waals surface area contributed by atoms with Crippen LogP contribution in [0.15, 0.2) is 4.99 Å². The van der Waals surface area contributed by atoms with Crippen LogP contribution in [0.1, 0.15) is 58.8 Å². The number of nitrogens with one attached hydrogen (secondary N) is 2. The summed E-state index contributed by atoms with van der Waals surface area (Å²) >= 11 is 0. The van der Waals surface area contributed by atoms with Gasteiger partial charge in [-0.3, -0.25) is 4.99 Å². The number of guanidine groups is 1. The number of hydrogen-bond acceptors (Lipinski definition) is 3. The molecule has 0 spiro atoms. The molecule has 2 fully saturated rings. The van der Waals surface area contributed by atoms with Crippen LogP contribution in [0.25, 0.3) is 0 Å². The first kappa shape index (κ1) is 21.0. The summed E-state index contributed by atoms with van der Waals surface area (Å²) in [5, 5.41) is 6.69. The number of halogens is 1. The Hall–Kier alpha value is -0.0800. The van der Waals surface area contributed by atoms with Crippen molar-refractivity contribution in [3.05, 3.63) is 0 Å². The van der Waals surface area contributed by atoms with Crippen molar-refractivity contribution >= 4 is 29.9 Å². The first-order chi connectivity index (χ1) is 10.7. The maximum atomic E-state index is 5.88. The van der Waals surface area contributed by atoms with Gasteiger partial charge in [-0.1, -0.05) is 12.8 Å². The van der Waals surface area contributed by atoms with E-state index in [4.69, 9.17) is 9.47 Å². The van der Waals surface area contributed by atoms with Crippen molar-refractivity contribution in [1.82, 2.24) is 10.6 Å². The van der Waals surface area contributed by atoms with Crippen LogP contribution in [-0.4, -0.2) is 50.5 Å². The number of nitrogens with zero attached hydrogens (tertiary/aromatic N) is 1. The van der Waals surface area contributed by atoms with Gasteiger partial charge in [0.1, 0.15) is 0 Å². The standard InChI is InChI=1S/C17H33N3O2.HI/c1-3-18-16(20-14-17(2)10-6-13-22-17)19-11-7-12-21-15-8-4-5-9-15;/h15H,3-14H2,1-2H3,(H2,18,19,20);1H. The van der Waals surface area contributed by atoms with E-state index in [0.29, 0.717) is 6.10 Å². The molecule has 2 rings (SSSR count). The summed E-state index contributed by atoms with van der Waals surface area (Å²) in [7, 11) is 0. The van der Waals surface area contributed by atoms with Crippen molar-refractivity contribution in [2.45, 2.75) is 70.5 Å². The van der Waals surface area contributed by atoms with Crippen molar-refractivity contribution in [3.8, 4) is 0 Å². The molecule has 2 aliphatic rings. The molecule has 2 N–H and O–H groups in total. The summed E-state index contributed by atoms with van der Waals surface area (Å²) in [6.45, 7) is 8.46. The van der Waals surface area contributed by atoms with E-state index in [1.807, 2.05) is 0 Å². The highest BCUT2D eigenvalue weighted by atomic mass is 127. The summed E-state index contributed by atoms with van der Waals surface area (Å²) in [5.74, 6) is 0.889. The molecule has 0 amide bonds. The summed E-state index contributed by atoms with van der Waals surface area (Å²) in [6, 6.07) is 0. The molecule has 23 heavy (non-hydrogen) atoms. The summed E-state index contributed by atoms with van der Waals surface area (Å²) in [6.07, 6.45) is 8.95. The van der Waals surface area contributed by atoms with E-state index >= 15 is 0 Å². The van der Waals surface area contributed by atoms with Gasteiger partial charge in [-0.25, -0.2) is 0 Å². The zero-order valence-corrected chi connectivity index (χ0v) is 17.1. The van der Waals surface area contributed by atoms with Gasteiger partial charge in [0.15, 0.2) is 5.96 Å². The molecule has 0 aromatic rings. The molecule has 0 bridgehead atoms. The Kier molecular flexibility index (Phi) is 10.5. The Bertz CT molecular complexity index is 341. The van der Waals surface area contributed by atoms with Gasteiger partial charge >= 0.3 is 0 Å². The van der Waals surface area contributed by atoms with Crippen molar-refractivity contribution in [3.63, 3.8) is 0 Å². The summed E-state index contributed by atoms with van der Waals surface area (Å²) < 4.78 is 11.7. The third kappa shape index (κ3) is 8.03. The molecule has 0 aromatic carbocycles. The Balaban J connectivity index is 0.00000264. The molecule has 6 heteroatoms. The molecule has 0 radical (unpaired) electrons. The zero-order chi connectivity index (χ0) is 15.7. The van der Waals surface area contributed by atoms with E-state index in [1.165, 1.54) is 25.7 Å². The highest BCUT2D eigenvalue weighted by Crippen LogP contribution is 2.25. The predicted molar refractivity (Wildman–Crippen MR) is 106 cm³/mol. The van der Waals surface area contributed by atoms with Crippen LogP contribution in [-0.2, 0) is 9.47 Å². The molecule has 1 aliphatic heterocycles. The van der Waals surface area contributed by atoms with Gasteiger partial charge in [0.2, 0.25) is 0 Å². The topological polar surface area (TPSA) is 54.9 Å². The lowest BCUT2D eigenvalue weighted by Crippen LogP contribution is -2.39. The Labute approximate surface area is 158 Å². The molecule has 5 nitrogen and oxygen atoms in total. The molecule has 1 unspecified atom stereocenters. The second-order valence-corrected chi connectivity index (χ2v) is 6.65. The second kappa shape index (κ2) is 11.5. The zero-order valence-electron chi connectivity index (χ0n) is 14.7. The lowest BCUT2D eigenvalue weighted by molar-refractivity contribution is 0.0283. The minimum absolute atomic E-state index is 0. The summed E-state index contributed by atoms with van der Waals surface area (Å²) in [4.78, 5) is 4.67. The minimum Gasteiger partial charge on any atom is -0.378 e. The molecular weight excluding hydrogens is 405 g/mol. The number of ether oxygens (including phenoxy) is 2. The van der Waals surface area contributed by atoms with Crippen LogP contribution in [0.4, 0.5) is 0 Å². The second-order valence-electron chi connectivity index (χ2n) is 6.65. The molecular formula is C17H34IN3O2. The van der Waals surface area contributed by atoms with Crippen LogP contribution in [0.2, 0.25) is 0 Å². The molecule has 1 aliphatic carbocycles. The first-order valence-corrected chi connectivity index (χ1v) is 8.99. The van der Waals surface area contributed by atoms with Crippen molar-refractivity contribution in [2.75, 3.05) is 32.8 Å². The van der Waals surface area contributed by atoms with Crippen LogP contribution in [0.5, 0.6) is 0 Å². The number of rotatable bonds is 8. The van der Waals surface area contributed by atoms with Gasteiger partial charge < -0.3 is 20.1 Å². The average Bonchev–Trinajstić information content (AvgIpc) is 3.16. The van der Waals surface area contributed by atoms with E-state index in [1.54, 1.807) is 0 Å². The number of aliphatic imine (C=N–C) groups is 1. The maximum Gasteiger partial charge on any atom is 0.191 e. The molecule has 0 aromatic heterocycles. The molecule has 1 saturated carbocycles. The van der Waals surface area contributed by atoms with Gasteiger partial charge in [-0.2, -0.15) is 0 Å². The van der Waals surface area contributed by atoms with Crippen molar-refractivity contribution < 1.29 is 9.47 Å². The third-order valence-electron chi connectivity index (χ3n) is 4.49. The van der Waals surface area contributed by atoms with Gasteiger partial charge in [-0.15, -0.1) is 24.0 Å². The molecule has 1 saturated heterocycles. The normalized spacial score (nSPS) is 25.4. The fourth-order valence-corrected chi connectivity index (χ4v) is 3.13. The van der Waals surface area contributed by atoms with Crippen LogP contribution in [0, 0.1) is 0 Å². The van der Waals surface area contributed by atoms with Crippen molar-refractivity contribution in [2.24, 2.45) is 4.99 Å².